The Morgan fingerprint density at radius 1 is 1.42 bits per heavy atom. The highest BCUT2D eigenvalue weighted by Crippen LogP contribution is 2.25. The number of carbonyl (C=O) groups excluding carboxylic acids is 1. The maximum Gasteiger partial charge on any atom is 0.189 e. The predicted octanol–water partition coefficient (Wildman–Crippen LogP) is 4.12. The van der Waals surface area contributed by atoms with E-state index in [1.54, 1.807) is 24.4 Å². The number of benzene rings is 1. The molecular formula is C20H23NO3. The fourth-order valence-electron chi connectivity index (χ4n) is 2.22. The molecule has 24 heavy (non-hydrogen) atoms. The third-order valence-electron chi connectivity index (χ3n) is 3.72. The van der Waals surface area contributed by atoms with Crippen LogP contribution in [0.1, 0.15) is 31.1 Å². The van der Waals surface area contributed by atoms with Crippen LogP contribution in [0.4, 0.5) is 0 Å². The average Bonchev–Trinajstić information content (AvgIpc) is 2.53. The highest BCUT2D eigenvalue weighted by atomic mass is 16.5. The van der Waals surface area contributed by atoms with Gasteiger partial charge >= 0.3 is 0 Å². The van der Waals surface area contributed by atoms with Gasteiger partial charge in [-0.3, -0.25) is 9.79 Å². The lowest BCUT2D eigenvalue weighted by Crippen LogP contribution is -2.06. The molecule has 1 aromatic rings. The molecule has 0 bridgehead atoms. The lowest BCUT2D eigenvalue weighted by molar-refractivity contribution is 0.104. The first-order valence-electron chi connectivity index (χ1n) is 7.99. The minimum absolute atomic E-state index is 0.0772. The minimum Gasteiger partial charge on any atom is -0.507 e. The molecule has 0 aliphatic carbocycles. The number of dihydropyridines is 1. The molecular weight excluding hydrogens is 302 g/mol. The van der Waals surface area contributed by atoms with E-state index in [1.165, 1.54) is 12.1 Å². The van der Waals surface area contributed by atoms with Gasteiger partial charge in [0.05, 0.1) is 5.56 Å². The average molecular weight is 325 g/mol. The van der Waals surface area contributed by atoms with E-state index >= 15 is 0 Å². The minimum atomic E-state index is -0.237. The smallest absolute Gasteiger partial charge is 0.189 e. The Morgan fingerprint density at radius 2 is 2.21 bits per heavy atom. The van der Waals surface area contributed by atoms with Gasteiger partial charge in [0.25, 0.3) is 0 Å². The summed E-state index contributed by atoms with van der Waals surface area (Å²) >= 11 is 0. The molecule has 1 aliphatic heterocycles. The summed E-state index contributed by atoms with van der Waals surface area (Å²) in [4.78, 5) is 16.4. The first-order chi connectivity index (χ1) is 11.5. The molecule has 1 atom stereocenters. The number of aromatic hydroxyl groups is 1. The van der Waals surface area contributed by atoms with Gasteiger partial charge in [0.2, 0.25) is 0 Å². The zero-order chi connectivity index (χ0) is 17.5. The largest absolute Gasteiger partial charge is 0.507 e. The van der Waals surface area contributed by atoms with Crippen LogP contribution < -0.4 is 4.74 Å². The Morgan fingerprint density at radius 3 is 2.88 bits per heavy atom. The fourth-order valence-corrected chi connectivity index (χ4v) is 2.22. The van der Waals surface area contributed by atoms with Crippen LogP contribution in [-0.4, -0.2) is 30.3 Å². The normalized spacial score (nSPS) is 16.8. The molecule has 0 fully saturated rings. The number of allylic oxidation sites excluding steroid dienone is 4. The van der Waals surface area contributed by atoms with E-state index < -0.39 is 0 Å². The van der Waals surface area contributed by atoms with Crippen molar-refractivity contribution in [1.82, 2.24) is 0 Å². The Labute approximate surface area is 142 Å². The molecule has 4 nitrogen and oxygen atoms in total. The number of aliphatic imine (C=N–C) groups is 1. The molecule has 0 amide bonds. The monoisotopic (exact) mass is 325 g/mol. The van der Waals surface area contributed by atoms with Crippen LogP contribution in [0, 0.1) is 5.92 Å². The summed E-state index contributed by atoms with van der Waals surface area (Å²) in [5, 5.41) is 10.1. The Bertz CT molecular complexity index is 722. The molecule has 4 heteroatoms. The van der Waals surface area contributed by atoms with Gasteiger partial charge in [-0.05, 0) is 49.8 Å². The van der Waals surface area contributed by atoms with Crippen molar-refractivity contribution >= 4 is 12.0 Å². The SMILES string of the molecule is CC(C)=CCOc1ccc(C(=O)/C=C/C2=CC=NCC2C)c(O)c1. The highest BCUT2D eigenvalue weighted by Gasteiger charge is 2.12. The van der Waals surface area contributed by atoms with Crippen molar-refractivity contribution < 1.29 is 14.6 Å². The van der Waals surface area contributed by atoms with E-state index in [1.807, 2.05) is 26.0 Å². The van der Waals surface area contributed by atoms with Crippen LogP contribution in [-0.2, 0) is 0 Å². The zero-order valence-corrected chi connectivity index (χ0v) is 14.3. The van der Waals surface area contributed by atoms with Crippen LogP contribution in [0.25, 0.3) is 0 Å². The number of nitrogens with zero attached hydrogens (tertiary/aromatic N) is 1. The van der Waals surface area contributed by atoms with E-state index in [0.717, 1.165) is 17.7 Å². The van der Waals surface area contributed by atoms with E-state index in [-0.39, 0.29) is 17.1 Å². The third kappa shape index (κ3) is 4.95. The second-order valence-corrected chi connectivity index (χ2v) is 6.05. The van der Waals surface area contributed by atoms with Gasteiger partial charge in [-0.15, -0.1) is 0 Å². The predicted molar refractivity (Wildman–Crippen MR) is 97.1 cm³/mol. The molecule has 0 saturated carbocycles. The highest BCUT2D eigenvalue weighted by molar-refractivity contribution is 6.06. The summed E-state index contributed by atoms with van der Waals surface area (Å²) in [6, 6.07) is 4.74. The Kier molecular flexibility index (Phi) is 6.13. The van der Waals surface area contributed by atoms with Crippen LogP contribution in [0.2, 0.25) is 0 Å². The van der Waals surface area contributed by atoms with E-state index in [9.17, 15) is 9.90 Å². The van der Waals surface area contributed by atoms with Gasteiger partial charge in [0.15, 0.2) is 5.78 Å². The van der Waals surface area contributed by atoms with Gasteiger partial charge in [0.1, 0.15) is 18.1 Å². The molecule has 0 spiro atoms. The van der Waals surface area contributed by atoms with Crippen molar-refractivity contribution in [3.63, 3.8) is 0 Å². The molecule has 0 aromatic heterocycles. The van der Waals surface area contributed by atoms with Crippen molar-refractivity contribution in [3.05, 3.63) is 59.2 Å². The summed E-state index contributed by atoms with van der Waals surface area (Å²) in [5.41, 5.74) is 2.48. The van der Waals surface area contributed by atoms with E-state index in [2.05, 4.69) is 11.9 Å². The summed E-state index contributed by atoms with van der Waals surface area (Å²) in [6.07, 6.45) is 8.87. The number of carbonyl (C=O) groups is 1. The molecule has 1 unspecified atom stereocenters. The fraction of sp³-hybridized carbons (Fsp3) is 0.300. The van der Waals surface area contributed by atoms with Crippen LogP contribution in [0.5, 0.6) is 11.5 Å². The maximum absolute atomic E-state index is 12.3. The van der Waals surface area contributed by atoms with Crippen LogP contribution >= 0.6 is 0 Å². The van der Waals surface area contributed by atoms with Crippen molar-refractivity contribution in [2.45, 2.75) is 20.8 Å². The molecule has 1 aliphatic rings. The summed E-state index contributed by atoms with van der Waals surface area (Å²) in [7, 11) is 0. The summed E-state index contributed by atoms with van der Waals surface area (Å²) in [6.45, 7) is 7.20. The Balaban J connectivity index is 2.06. The molecule has 2 rings (SSSR count). The van der Waals surface area contributed by atoms with Gasteiger partial charge < -0.3 is 9.84 Å². The first kappa shape index (κ1) is 17.7. The lowest BCUT2D eigenvalue weighted by Gasteiger charge is -2.12. The van der Waals surface area contributed by atoms with Crippen molar-refractivity contribution in [3.8, 4) is 11.5 Å². The summed E-state index contributed by atoms with van der Waals surface area (Å²) in [5.74, 6) is 0.509. The maximum atomic E-state index is 12.3. The van der Waals surface area contributed by atoms with Crippen LogP contribution in [0.3, 0.4) is 0 Å². The number of phenolic OH excluding ortho intramolecular Hbond substituents is 1. The van der Waals surface area contributed by atoms with E-state index in [4.69, 9.17) is 4.74 Å². The van der Waals surface area contributed by atoms with Crippen molar-refractivity contribution in [2.75, 3.05) is 13.2 Å². The standard InChI is InChI=1S/C20H23NO3/c1-14(2)9-11-24-17-5-6-18(20(23)12-17)19(22)7-4-16-8-10-21-13-15(16)3/h4-10,12,15,23H,11,13H2,1-3H3/b7-4+. The van der Waals surface area contributed by atoms with Gasteiger partial charge in [0, 0.05) is 24.7 Å². The van der Waals surface area contributed by atoms with Gasteiger partial charge in [-0.2, -0.15) is 0 Å². The molecule has 1 heterocycles. The number of hydrogen-bond donors (Lipinski definition) is 1. The van der Waals surface area contributed by atoms with E-state index in [0.29, 0.717) is 18.3 Å². The topological polar surface area (TPSA) is 58.9 Å². The third-order valence-corrected chi connectivity index (χ3v) is 3.72. The van der Waals surface area contributed by atoms with Crippen LogP contribution in [0.15, 0.2) is 58.6 Å². The molecule has 1 aromatic carbocycles. The van der Waals surface area contributed by atoms with Gasteiger partial charge in [-0.25, -0.2) is 0 Å². The molecule has 1 N–H and O–H groups in total. The molecule has 126 valence electrons. The second kappa shape index (κ2) is 8.29. The number of ketones is 1. The molecule has 0 radical (unpaired) electrons. The second-order valence-electron chi connectivity index (χ2n) is 6.05. The van der Waals surface area contributed by atoms with Crippen molar-refractivity contribution in [1.29, 1.82) is 0 Å². The lowest BCUT2D eigenvalue weighted by atomic mass is 9.98. The quantitative estimate of drug-likeness (QED) is 0.486. The first-order valence-corrected chi connectivity index (χ1v) is 7.99. The van der Waals surface area contributed by atoms with Gasteiger partial charge in [-0.1, -0.05) is 18.6 Å². The summed E-state index contributed by atoms with van der Waals surface area (Å²) < 4.78 is 5.51. The zero-order valence-electron chi connectivity index (χ0n) is 14.3. The number of phenols is 1. The number of ether oxygens (including phenoxy) is 1. The number of rotatable bonds is 6. The Hall–Kier alpha value is -2.62. The van der Waals surface area contributed by atoms with Crippen molar-refractivity contribution in [2.24, 2.45) is 10.9 Å². The number of hydrogen-bond acceptors (Lipinski definition) is 4. The molecule has 0 saturated heterocycles.